The normalized spacial score (nSPS) is 20.2. The maximum atomic E-state index is 13.7. The molecule has 2 nitrogen and oxygen atoms in total. The molecule has 0 radical (unpaired) electrons. The Kier molecular flexibility index (Phi) is 3.79. The van der Waals surface area contributed by atoms with Crippen LogP contribution in [0.2, 0.25) is 0 Å². The molecular formula is C11H7BrClF4NO. The van der Waals surface area contributed by atoms with Gasteiger partial charge in [-0.1, -0.05) is 15.9 Å². The highest BCUT2D eigenvalue weighted by atomic mass is 79.9. The Balaban J connectivity index is 2.49. The number of alkyl halides is 4. The van der Waals surface area contributed by atoms with Gasteiger partial charge in [-0.3, -0.25) is 4.79 Å². The summed E-state index contributed by atoms with van der Waals surface area (Å²) in [6.45, 7) is -0.00373. The fraction of sp³-hybridized carbons (Fsp3) is 0.364. The molecule has 0 N–H and O–H groups in total. The number of nitrogens with zero attached hydrogens (tertiary/aromatic N) is 1. The van der Waals surface area contributed by atoms with E-state index in [-0.39, 0.29) is 13.0 Å². The van der Waals surface area contributed by atoms with E-state index in [1.807, 2.05) is 0 Å². The lowest BCUT2D eigenvalue weighted by atomic mass is 10.1. The largest absolute Gasteiger partial charge is 0.417 e. The lowest BCUT2D eigenvalue weighted by Crippen LogP contribution is -2.26. The minimum atomic E-state index is -4.63. The molecule has 1 aromatic carbocycles. The summed E-state index contributed by atoms with van der Waals surface area (Å²) in [5.41, 5.74) is -1.43. The van der Waals surface area contributed by atoms with E-state index in [0.29, 0.717) is 12.1 Å². The molecule has 1 aromatic rings. The van der Waals surface area contributed by atoms with Crippen LogP contribution in [0.5, 0.6) is 0 Å². The zero-order chi connectivity index (χ0) is 14.4. The number of benzene rings is 1. The number of halogens is 6. The van der Waals surface area contributed by atoms with Crippen molar-refractivity contribution in [2.45, 2.75) is 18.0 Å². The average molecular weight is 361 g/mol. The van der Waals surface area contributed by atoms with E-state index in [4.69, 9.17) is 11.6 Å². The van der Waals surface area contributed by atoms with E-state index in [1.54, 1.807) is 0 Å². The Labute approximate surface area is 119 Å². The van der Waals surface area contributed by atoms with Crippen LogP contribution < -0.4 is 4.90 Å². The van der Waals surface area contributed by atoms with E-state index >= 15 is 0 Å². The Morgan fingerprint density at radius 2 is 2.00 bits per heavy atom. The third-order valence-corrected chi connectivity index (χ3v) is 3.66. The van der Waals surface area contributed by atoms with E-state index in [1.165, 1.54) is 0 Å². The lowest BCUT2D eigenvalue weighted by molar-refractivity contribution is -0.138. The van der Waals surface area contributed by atoms with Crippen molar-refractivity contribution in [3.63, 3.8) is 0 Å². The summed E-state index contributed by atoms with van der Waals surface area (Å²) in [7, 11) is 0. The maximum absolute atomic E-state index is 13.7. The highest BCUT2D eigenvalue weighted by Crippen LogP contribution is 2.39. The Hall–Kier alpha value is -0.820. The standard InChI is InChI=1S/C11H7BrClF4NO/c12-7-3-8(14)9(2-6(7)11(15,16)17)18-4-5(13)1-10(18)19/h2-3,5H,1,4H2. The van der Waals surface area contributed by atoms with Crippen LogP contribution in [-0.4, -0.2) is 17.8 Å². The fourth-order valence-corrected chi connectivity index (χ4v) is 2.67. The molecular weight excluding hydrogens is 353 g/mol. The van der Waals surface area contributed by atoms with Crippen molar-refractivity contribution < 1.29 is 22.4 Å². The van der Waals surface area contributed by atoms with E-state index in [0.717, 1.165) is 4.90 Å². The topological polar surface area (TPSA) is 20.3 Å². The minimum absolute atomic E-state index is 0.00373. The second-order valence-electron chi connectivity index (χ2n) is 4.09. The van der Waals surface area contributed by atoms with E-state index in [2.05, 4.69) is 15.9 Å². The Morgan fingerprint density at radius 3 is 2.47 bits per heavy atom. The number of carbonyl (C=O) groups is 1. The zero-order valence-electron chi connectivity index (χ0n) is 9.27. The molecule has 8 heteroatoms. The molecule has 1 saturated heterocycles. The van der Waals surface area contributed by atoms with E-state index in [9.17, 15) is 22.4 Å². The summed E-state index contributed by atoms with van der Waals surface area (Å²) >= 11 is 8.41. The third kappa shape index (κ3) is 2.86. The summed E-state index contributed by atoms with van der Waals surface area (Å²) < 4.78 is 51.5. The Bertz CT molecular complexity index is 534. The molecule has 0 bridgehead atoms. The first-order valence-electron chi connectivity index (χ1n) is 5.21. The van der Waals surface area contributed by atoms with E-state index < -0.39 is 39.0 Å². The van der Waals surface area contributed by atoms with Gasteiger partial charge in [-0.2, -0.15) is 13.2 Å². The van der Waals surface area contributed by atoms with Crippen LogP contribution in [0.15, 0.2) is 16.6 Å². The summed E-state index contributed by atoms with van der Waals surface area (Å²) in [5, 5.41) is -0.523. The summed E-state index contributed by atoms with van der Waals surface area (Å²) in [6.07, 6.45) is -4.65. The highest BCUT2D eigenvalue weighted by molar-refractivity contribution is 9.10. The van der Waals surface area contributed by atoms with Crippen molar-refractivity contribution in [1.82, 2.24) is 0 Å². The molecule has 1 aliphatic heterocycles. The molecule has 1 aliphatic rings. The number of carbonyl (C=O) groups excluding carboxylic acids is 1. The SMILES string of the molecule is O=C1CC(Cl)CN1c1cc(C(F)(F)F)c(Br)cc1F. The molecule has 1 fully saturated rings. The molecule has 1 atom stereocenters. The number of hydrogen-bond acceptors (Lipinski definition) is 1. The van der Waals surface area contributed by atoms with Gasteiger partial charge in [0.1, 0.15) is 5.82 Å². The third-order valence-electron chi connectivity index (χ3n) is 2.71. The summed E-state index contributed by atoms with van der Waals surface area (Å²) in [4.78, 5) is 12.5. The maximum Gasteiger partial charge on any atom is 0.417 e. The molecule has 0 spiro atoms. The van der Waals surface area contributed by atoms with Crippen LogP contribution in [0.25, 0.3) is 0 Å². The number of anilines is 1. The van der Waals surface area contributed by atoms with Crippen molar-refractivity contribution in [1.29, 1.82) is 0 Å². The van der Waals surface area contributed by atoms with Gasteiger partial charge in [0.15, 0.2) is 0 Å². The van der Waals surface area contributed by atoms with Crippen LogP contribution in [-0.2, 0) is 11.0 Å². The van der Waals surface area contributed by atoms with Crippen molar-refractivity contribution in [2.75, 3.05) is 11.4 Å². The first kappa shape index (κ1) is 14.6. The minimum Gasteiger partial charge on any atom is -0.308 e. The second-order valence-corrected chi connectivity index (χ2v) is 5.56. The van der Waals surface area contributed by atoms with Gasteiger partial charge in [-0.25, -0.2) is 4.39 Å². The monoisotopic (exact) mass is 359 g/mol. The van der Waals surface area contributed by atoms with Gasteiger partial charge >= 0.3 is 6.18 Å². The van der Waals surface area contributed by atoms with Gasteiger partial charge in [0, 0.05) is 17.4 Å². The van der Waals surface area contributed by atoms with Gasteiger partial charge in [0.2, 0.25) is 5.91 Å². The first-order valence-corrected chi connectivity index (χ1v) is 6.43. The molecule has 19 heavy (non-hydrogen) atoms. The van der Waals surface area contributed by atoms with Crippen LogP contribution in [0, 0.1) is 5.82 Å². The van der Waals surface area contributed by atoms with Crippen molar-refractivity contribution in [3.05, 3.63) is 28.0 Å². The number of amides is 1. The van der Waals surface area contributed by atoms with Crippen LogP contribution in [0.4, 0.5) is 23.2 Å². The predicted molar refractivity (Wildman–Crippen MR) is 65.7 cm³/mol. The van der Waals surface area contributed by atoms with Crippen LogP contribution in [0.1, 0.15) is 12.0 Å². The quantitative estimate of drug-likeness (QED) is 0.548. The molecule has 2 rings (SSSR count). The van der Waals surface area contributed by atoms with Crippen molar-refractivity contribution in [2.24, 2.45) is 0 Å². The van der Waals surface area contributed by atoms with Gasteiger partial charge in [0.05, 0.1) is 16.6 Å². The molecule has 1 unspecified atom stereocenters. The highest BCUT2D eigenvalue weighted by Gasteiger charge is 2.37. The van der Waals surface area contributed by atoms with Crippen LogP contribution >= 0.6 is 27.5 Å². The summed E-state index contributed by atoms with van der Waals surface area (Å²) in [6, 6.07) is 1.32. The number of rotatable bonds is 1. The molecule has 104 valence electrons. The van der Waals surface area contributed by atoms with Gasteiger partial charge in [-0.05, 0) is 12.1 Å². The molecule has 0 aliphatic carbocycles. The fourth-order valence-electron chi connectivity index (χ4n) is 1.86. The van der Waals surface area contributed by atoms with Crippen molar-refractivity contribution in [3.8, 4) is 0 Å². The van der Waals surface area contributed by atoms with Gasteiger partial charge in [0.25, 0.3) is 0 Å². The summed E-state index contributed by atoms with van der Waals surface area (Å²) in [5.74, 6) is -1.40. The second kappa shape index (κ2) is 4.94. The zero-order valence-corrected chi connectivity index (χ0v) is 11.6. The Morgan fingerprint density at radius 1 is 1.37 bits per heavy atom. The molecule has 1 heterocycles. The first-order chi connectivity index (χ1) is 8.70. The van der Waals surface area contributed by atoms with Gasteiger partial charge in [-0.15, -0.1) is 11.6 Å². The number of hydrogen-bond donors (Lipinski definition) is 0. The lowest BCUT2D eigenvalue weighted by Gasteiger charge is -2.19. The molecule has 1 amide bonds. The predicted octanol–water partition coefficient (Wildman–Crippen LogP) is 3.95. The molecule has 0 saturated carbocycles. The van der Waals surface area contributed by atoms with Crippen LogP contribution in [0.3, 0.4) is 0 Å². The van der Waals surface area contributed by atoms with Crippen molar-refractivity contribution >= 4 is 39.1 Å². The van der Waals surface area contributed by atoms with Gasteiger partial charge < -0.3 is 4.90 Å². The molecule has 0 aromatic heterocycles. The average Bonchev–Trinajstić information content (AvgIpc) is 2.55. The smallest absolute Gasteiger partial charge is 0.308 e.